The first-order valence-corrected chi connectivity index (χ1v) is 11.6. The number of carboxylic acids is 1. The van der Waals surface area contributed by atoms with Crippen LogP contribution in [0.15, 0.2) is 30.3 Å². The first kappa shape index (κ1) is 25.6. The summed E-state index contributed by atoms with van der Waals surface area (Å²) in [5.41, 5.74) is 1.23. The largest absolute Gasteiger partial charge is 0.481 e. The van der Waals surface area contributed by atoms with Crippen molar-refractivity contribution in [2.24, 2.45) is 0 Å². The van der Waals surface area contributed by atoms with E-state index in [-0.39, 0.29) is 6.10 Å². The van der Waals surface area contributed by atoms with Crippen LogP contribution in [0.1, 0.15) is 102 Å². The third kappa shape index (κ3) is 16.1. The molecule has 0 saturated carbocycles. The van der Waals surface area contributed by atoms with Crippen molar-refractivity contribution in [2.45, 2.75) is 116 Å². The van der Waals surface area contributed by atoms with E-state index in [4.69, 9.17) is 9.84 Å². The van der Waals surface area contributed by atoms with E-state index in [9.17, 15) is 9.90 Å². The number of ether oxygens (including phenoxy) is 1. The van der Waals surface area contributed by atoms with Gasteiger partial charge in [0.2, 0.25) is 0 Å². The summed E-state index contributed by atoms with van der Waals surface area (Å²) in [4.78, 5) is 10.4. The summed E-state index contributed by atoms with van der Waals surface area (Å²) >= 11 is 0. The number of carboxylic acid groups (broad SMARTS) is 1. The molecular weight excluding hydrogens is 364 g/mol. The topological polar surface area (TPSA) is 66.8 Å². The molecule has 0 aliphatic rings. The zero-order chi connectivity index (χ0) is 21.2. The second-order valence-corrected chi connectivity index (χ2v) is 8.31. The van der Waals surface area contributed by atoms with Gasteiger partial charge in [0.15, 0.2) is 0 Å². The molecule has 29 heavy (non-hydrogen) atoms. The number of unbranched alkanes of at least 4 members (excludes halogenated alkanes) is 8. The van der Waals surface area contributed by atoms with Gasteiger partial charge in [0.05, 0.1) is 18.8 Å². The third-order valence-corrected chi connectivity index (χ3v) is 5.45. The molecular formula is C25H42O4. The van der Waals surface area contributed by atoms with E-state index in [2.05, 4.69) is 19.1 Å². The van der Waals surface area contributed by atoms with Gasteiger partial charge in [-0.05, 0) is 38.2 Å². The van der Waals surface area contributed by atoms with Crippen molar-refractivity contribution in [1.82, 2.24) is 0 Å². The number of hydrogen-bond donors (Lipinski definition) is 2. The fraction of sp³-hybridized carbons (Fsp3) is 0.720. The Morgan fingerprint density at radius 3 is 1.93 bits per heavy atom. The molecule has 0 fully saturated rings. The van der Waals surface area contributed by atoms with Gasteiger partial charge in [0.25, 0.3) is 0 Å². The molecule has 0 spiro atoms. The average molecular weight is 407 g/mol. The third-order valence-electron chi connectivity index (χ3n) is 5.45. The summed E-state index contributed by atoms with van der Waals surface area (Å²) in [5.74, 6) is -0.695. The van der Waals surface area contributed by atoms with Gasteiger partial charge in [0, 0.05) is 6.42 Å². The predicted molar refractivity (Wildman–Crippen MR) is 119 cm³/mol. The molecule has 1 rings (SSSR count). The molecule has 0 saturated heterocycles. The molecule has 0 aliphatic carbocycles. The van der Waals surface area contributed by atoms with Crippen molar-refractivity contribution in [3.8, 4) is 0 Å². The summed E-state index contributed by atoms with van der Waals surface area (Å²) in [6.45, 7) is 2.84. The van der Waals surface area contributed by atoms with Crippen LogP contribution in [0.5, 0.6) is 0 Å². The van der Waals surface area contributed by atoms with Crippen LogP contribution in [0.3, 0.4) is 0 Å². The fourth-order valence-corrected chi connectivity index (χ4v) is 3.57. The molecule has 1 aromatic rings. The highest BCUT2D eigenvalue weighted by Gasteiger charge is 2.05. The van der Waals surface area contributed by atoms with Crippen molar-refractivity contribution < 1.29 is 19.7 Å². The molecule has 0 radical (unpaired) electrons. The average Bonchev–Trinajstić information content (AvgIpc) is 2.71. The monoisotopic (exact) mass is 406 g/mol. The summed E-state index contributed by atoms with van der Waals surface area (Å²) in [6.07, 6.45) is 14.3. The minimum absolute atomic E-state index is 0.157. The summed E-state index contributed by atoms with van der Waals surface area (Å²) in [5, 5.41) is 18.7. The Labute approximate surface area is 177 Å². The van der Waals surface area contributed by atoms with Crippen molar-refractivity contribution in [1.29, 1.82) is 0 Å². The lowest BCUT2D eigenvalue weighted by Gasteiger charge is -2.13. The van der Waals surface area contributed by atoms with Gasteiger partial charge in [0.1, 0.15) is 0 Å². The van der Waals surface area contributed by atoms with Crippen LogP contribution in [0, 0.1) is 0 Å². The summed E-state index contributed by atoms with van der Waals surface area (Å²) < 4.78 is 5.90. The van der Waals surface area contributed by atoms with E-state index in [1.807, 2.05) is 18.2 Å². The maximum Gasteiger partial charge on any atom is 0.303 e. The number of hydrogen-bond acceptors (Lipinski definition) is 3. The van der Waals surface area contributed by atoms with Crippen LogP contribution in [0.4, 0.5) is 0 Å². The minimum Gasteiger partial charge on any atom is -0.481 e. The first-order valence-electron chi connectivity index (χ1n) is 11.6. The van der Waals surface area contributed by atoms with Gasteiger partial charge < -0.3 is 14.9 Å². The lowest BCUT2D eigenvalue weighted by molar-refractivity contribution is -0.137. The van der Waals surface area contributed by atoms with Crippen molar-refractivity contribution in [3.05, 3.63) is 35.9 Å². The molecule has 0 heterocycles. The molecule has 0 aromatic heterocycles. The number of benzene rings is 1. The van der Waals surface area contributed by atoms with Gasteiger partial charge in [-0.2, -0.15) is 0 Å². The Kier molecular flexibility index (Phi) is 15.4. The van der Waals surface area contributed by atoms with E-state index in [0.717, 1.165) is 64.2 Å². The van der Waals surface area contributed by atoms with Crippen LogP contribution in [0.25, 0.3) is 0 Å². The van der Waals surface area contributed by atoms with Crippen LogP contribution >= 0.6 is 0 Å². The number of carbonyl (C=O) groups is 1. The van der Waals surface area contributed by atoms with Crippen LogP contribution in [-0.4, -0.2) is 28.4 Å². The molecule has 1 aromatic carbocycles. The quantitative estimate of drug-likeness (QED) is 0.257. The summed E-state index contributed by atoms with van der Waals surface area (Å²) in [7, 11) is 0. The Morgan fingerprint density at radius 1 is 0.828 bits per heavy atom. The highest BCUT2D eigenvalue weighted by molar-refractivity contribution is 5.66. The van der Waals surface area contributed by atoms with Crippen molar-refractivity contribution in [2.75, 3.05) is 0 Å². The maximum absolute atomic E-state index is 10.4. The zero-order valence-electron chi connectivity index (χ0n) is 18.4. The molecule has 4 heteroatoms. The van der Waals surface area contributed by atoms with E-state index in [1.54, 1.807) is 0 Å². The fourth-order valence-electron chi connectivity index (χ4n) is 3.57. The lowest BCUT2D eigenvalue weighted by Crippen LogP contribution is -2.08. The number of aliphatic hydroxyl groups excluding tert-OH is 1. The smallest absolute Gasteiger partial charge is 0.303 e. The predicted octanol–water partition coefficient (Wildman–Crippen LogP) is 6.50. The van der Waals surface area contributed by atoms with Crippen LogP contribution < -0.4 is 0 Å². The van der Waals surface area contributed by atoms with Gasteiger partial charge in [-0.25, -0.2) is 0 Å². The minimum atomic E-state index is -0.695. The normalized spacial score (nSPS) is 13.3. The standard InChI is InChI=1S/C25H42O4/c1-22(29-21-23-16-10-8-11-17-23)15-9-6-7-13-19-24(26)18-12-4-2-3-5-14-20-25(27)28/h8,10-11,16-17,22,24,26H,2-7,9,12-15,18-21H2,1H3,(H,27,28). The van der Waals surface area contributed by atoms with Crippen molar-refractivity contribution in [3.63, 3.8) is 0 Å². The molecule has 2 N–H and O–H groups in total. The van der Waals surface area contributed by atoms with E-state index in [0.29, 0.717) is 19.1 Å². The van der Waals surface area contributed by atoms with Gasteiger partial charge in [-0.1, -0.05) is 88.1 Å². The maximum atomic E-state index is 10.4. The number of aliphatic hydroxyl groups is 1. The molecule has 4 nitrogen and oxygen atoms in total. The van der Waals surface area contributed by atoms with Crippen molar-refractivity contribution >= 4 is 5.97 Å². The Hall–Kier alpha value is -1.39. The highest BCUT2D eigenvalue weighted by Crippen LogP contribution is 2.15. The zero-order valence-corrected chi connectivity index (χ0v) is 18.4. The Morgan fingerprint density at radius 2 is 1.34 bits per heavy atom. The molecule has 0 bridgehead atoms. The van der Waals surface area contributed by atoms with Gasteiger partial charge in [-0.15, -0.1) is 0 Å². The molecule has 0 amide bonds. The lowest BCUT2D eigenvalue weighted by atomic mass is 10.0. The van der Waals surface area contributed by atoms with Crippen LogP contribution in [-0.2, 0) is 16.1 Å². The molecule has 166 valence electrons. The SMILES string of the molecule is CC(CCCCCCC(O)CCCCCCCCC(=O)O)OCc1ccccc1. The number of rotatable bonds is 19. The first-order chi connectivity index (χ1) is 14.1. The van der Waals surface area contributed by atoms with E-state index in [1.165, 1.54) is 24.8 Å². The molecule has 2 atom stereocenters. The second-order valence-electron chi connectivity index (χ2n) is 8.31. The Bertz CT molecular complexity index is 503. The highest BCUT2D eigenvalue weighted by atomic mass is 16.5. The Balaban J connectivity index is 1.84. The molecule has 2 unspecified atom stereocenters. The number of aliphatic carboxylic acids is 1. The van der Waals surface area contributed by atoms with Gasteiger partial charge in [-0.3, -0.25) is 4.79 Å². The van der Waals surface area contributed by atoms with Gasteiger partial charge >= 0.3 is 5.97 Å². The van der Waals surface area contributed by atoms with Crippen LogP contribution in [0.2, 0.25) is 0 Å². The summed E-state index contributed by atoms with van der Waals surface area (Å²) in [6, 6.07) is 10.3. The second kappa shape index (κ2) is 17.5. The molecule has 0 aliphatic heterocycles. The van der Waals surface area contributed by atoms with E-state index >= 15 is 0 Å². The van der Waals surface area contributed by atoms with E-state index < -0.39 is 5.97 Å².